The van der Waals surface area contributed by atoms with Gasteiger partial charge in [0.05, 0.1) is 0 Å². The molecule has 0 unspecified atom stereocenters. The minimum Gasteiger partial charge on any atom is -0.0622 e. The fraction of sp³-hybridized carbons (Fsp3) is 0.125. The van der Waals surface area contributed by atoms with Crippen LogP contribution in [-0.2, 0) is 10.8 Å². The van der Waals surface area contributed by atoms with Crippen LogP contribution in [0.4, 0.5) is 0 Å². The van der Waals surface area contributed by atoms with E-state index in [1.807, 2.05) is 0 Å². The normalized spacial score (nSPS) is 12.8. The molecule has 304 valence electrons. The van der Waals surface area contributed by atoms with E-state index in [9.17, 15) is 0 Å². The van der Waals surface area contributed by atoms with Gasteiger partial charge in [-0.15, -0.1) is 0 Å². The Bertz CT molecular complexity index is 4040. The van der Waals surface area contributed by atoms with Crippen LogP contribution in [0.1, 0.15) is 52.7 Å². The summed E-state index contributed by atoms with van der Waals surface area (Å²) >= 11 is 0. The van der Waals surface area contributed by atoms with Gasteiger partial charge in [0.15, 0.2) is 0 Å². The summed E-state index contributed by atoms with van der Waals surface area (Å²) in [6, 6.07) is 69.7. The summed E-state index contributed by atoms with van der Waals surface area (Å²) in [5.41, 5.74) is 10.4. The molecule has 13 aromatic carbocycles. The molecule has 0 N–H and O–H groups in total. The number of fused-ring (bicyclic) bond motifs is 11. The molecule has 0 aliphatic rings. The molecule has 0 spiro atoms. The highest BCUT2D eigenvalue weighted by atomic mass is 14.3. The summed E-state index contributed by atoms with van der Waals surface area (Å²) in [5.74, 6) is 0. The highest BCUT2D eigenvalue weighted by Crippen LogP contribution is 2.56. The van der Waals surface area contributed by atoms with Crippen LogP contribution in [-0.4, -0.2) is 0 Å². The van der Waals surface area contributed by atoms with Crippen LogP contribution >= 0.6 is 0 Å². The van der Waals surface area contributed by atoms with Crippen LogP contribution < -0.4 is 0 Å². The zero-order chi connectivity index (χ0) is 43.2. The van der Waals surface area contributed by atoms with E-state index in [0.717, 1.165) is 0 Å². The second-order valence-electron chi connectivity index (χ2n) is 20.4. The van der Waals surface area contributed by atoms with Gasteiger partial charge >= 0.3 is 0 Å². The van der Waals surface area contributed by atoms with Crippen LogP contribution in [0, 0.1) is 0 Å². The van der Waals surface area contributed by atoms with Crippen molar-refractivity contribution < 1.29 is 0 Å². The largest absolute Gasteiger partial charge is 0.0622 e. The van der Waals surface area contributed by atoms with Crippen molar-refractivity contribution >= 4 is 97.0 Å². The van der Waals surface area contributed by atoms with Crippen molar-refractivity contribution in [3.8, 4) is 33.4 Å². The van der Waals surface area contributed by atoms with Gasteiger partial charge in [-0.1, -0.05) is 205 Å². The van der Waals surface area contributed by atoms with Crippen molar-refractivity contribution in [3.63, 3.8) is 0 Å². The Balaban J connectivity index is 1.31. The third kappa shape index (κ3) is 5.17. The molecule has 0 atom stereocenters. The molecule has 0 aromatic heterocycles. The van der Waals surface area contributed by atoms with E-state index in [2.05, 4.69) is 224 Å². The zero-order valence-electron chi connectivity index (χ0n) is 37.3. The minimum absolute atomic E-state index is 0.0154. The Labute approximate surface area is 374 Å². The van der Waals surface area contributed by atoms with Gasteiger partial charge in [0.2, 0.25) is 0 Å². The van der Waals surface area contributed by atoms with Crippen molar-refractivity contribution in [2.45, 2.75) is 52.4 Å². The maximum Gasteiger partial charge on any atom is -0.000697 e. The van der Waals surface area contributed by atoms with Crippen LogP contribution in [0.5, 0.6) is 0 Å². The first-order valence-electron chi connectivity index (χ1n) is 22.9. The van der Waals surface area contributed by atoms with Crippen molar-refractivity contribution in [2.75, 3.05) is 0 Å². The molecule has 0 radical (unpaired) electrons. The summed E-state index contributed by atoms with van der Waals surface area (Å²) in [6.07, 6.45) is 0. The average Bonchev–Trinajstić information content (AvgIpc) is 3.81. The summed E-state index contributed by atoms with van der Waals surface area (Å²) < 4.78 is 0. The molecule has 0 heterocycles. The van der Waals surface area contributed by atoms with Gasteiger partial charge in [0, 0.05) is 0 Å². The minimum atomic E-state index is -0.0291. The van der Waals surface area contributed by atoms with Crippen LogP contribution in [0.2, 0.25) is 0 Å². The predicted octanol–water partition coefficient (Wildman–Crippen LogP) is 18.5. The highest BCUT2D eigenvalue weighted by molar-refractivity contribution is 6.47. The molecular weight excluding hydrogens is 769 g/mol. The van der Waals surface area contributed by atoms with Gasteiger partial charge in [-0.25, -0.2) is 0 Å². The second-order valence-corrected chi connectivity index (χ2v) is 20.4. The quantitative estimate of drug-likeness (QED) is 0.156. The molecule has 0 amide bonds. The topological polar surface area (TPSA) is 0 Å². The smallest absolute Gasteiger partial charge is 0.000697 e. The van der Waals surface area contributed by atoms with Gasteiger partial charge in [0.1, 0.15) is 0 Å². The molecule has 0 heteroatoms. The van der Waals surface area contributed by atoms with E-state index in [-0.39, 0.29) is 10.8 Å². The molecule has 0 aliphatic heterocycles. The standard InChI is InChI=1S/C64H48/c1-63(2,3)41-29-28-40-32-42(64(4,5)6)35-51(50(40)34-41)47-30-31-49-60-53(33-39-22-13-14-23-43(39)58(47)60)62-56(38-20-11-8-12-21-38)59-48-27-17-26-46-44-24-15-16-25-45(44)52(57(46)48)36-54(59)55(61(49)62)37-18-9-7-10-19-37/h7-36H,1-6H3. The molecular formula is C64H48. The summed E-state index contributed by atoms with van der Waals surface area (Å²) in [7, 11) is 0. The second kappa shape index (κ2) is 13.1. The average molecular weight is 817 g/mol. The fourth-order valence-electron chi connectivity index (χ4n) is 11.5. The van der Waals surface area contributed by atoms with E-state index in [0.29, 0.717) is 0 Å². The lowest BCUT2D eigenvalue weighted by Gasteiger charge is -2.24. The monoisotopic (exact) mass is 816 g/mol. The SMILES string of the molecule is CC(C)(C)c1cc(-c2ccc3c4c(-c5ccccc5)c5cc6c7ccccc7c7cccc(c5c(-c5ccccc5)c4c4cc5ccccc5c2c34)c76)c2cc(C(C)(C)C)ccc2c1. The Kier molecular flexibility index (Phi) is 7.65. The first-order valence-corrected chi connectivity index (χ1v) is 22.9. The summed E-state index contributed by atoms with van der Waals surface area (Å²) in [4.78, 5) is 0. The number of hydrogen-bond acceptors (Lipinski definition) is 0. The zero-order valence-corrected chi connectivity index (χ0v) is 37.3. The van der Waals surface area contributed by atoms with Gasteiger partial charge in [-0.05, 0) is 170 Å². The van der Waals surface area contributed by atoms with Crippen molar-refractivity contribution in [1.82, 2.24) is 0 Å². The Morgan fingerprint density at radius 3 is 1.55 bits per heavy atom. The van der Waals surface area contributed by atoms with Gasteiger partial charge in [0.25, 0.3) is 0 Å². The first kappa shape index (κ1) is 37.3. The lowest BCUT2D eigenvalue weighted by molar-refractivity contribution is 0.589. The molecule has 0 nitrogen and oxygen atoms in total. The molecule has 13 aromatic rings. The third-order valence-corrected chi connectivity index (χ3v) is 14.6. The highest BCUT2D eigenvalue weighted by Gasteiger charge is 2.29. The lowest BCUT2D eigenvalue weighted by atomic mass is 9.80. The number of rotatable bonds is 3. The van der Waals surface area contributed by atoms with Crippen molar-refractivity contribution in [2.24, 2.45) is 0 Å². The Hall–Kier alpha value is -7.28. The Morgan fingerprint density at radius 2 is 0.828 bits per heavy atom. The van der Waals surface area contributed by atoms with E-state index >= 15 is 0 Å². The van der Waals surface area contributed by atoms with Crippen molar-refractivity contribution in [1.29, 1.82) is 0 Å². The molecule has 0 fully saturated rings. The third-order valence-electron chi connectivity index (χ3n) is 14.6. The van der Waals surface area contributed by atoms with Crippen LogP contribution in [0.3, 0.4) is 0 Å². The lowest BCUT2D eigenvalue weighted by Crippen LogP contribution is -2.12. The fourth-order valence-corrected chi connectivity index (χ4v) is 11.5. The molecule has 0 saturated heterocycles. The number of hydrogen-bond donors (Lipinski definition) is 0. The Morgan fingerprint density at radius 1 is 0.250 bits per heavy atom. The number of benzene rings is 11. The van der Waals surface area contributed by atoms with Crippen molar-refractivity contribution in [3.05, 3.63) is 193 Å². The van der Waals surface area contributed by atoms with E-state index in [4.69, 9.17) is 0 Å². The molecule has 0 bridgehead atoms. The molecule has 0 saturated carbocycles. The van der Waals surface area contributed by atoms with E-state index in [1.165, 1.54) is 141 Å². The molecule has 13 rings (SSSR count). The maximum atomic E-state index is 2.55. The maximum absolute atomic E-state index is 2.55. The van der Waals surface area contributed by atoms with E-state index < -0.39 is 0 Å². The molecule has 0 aliphatic carbocycles. The van der Waals surface area contributed by atoms with Crippen LogP contribution in [0.15, 0.2) is 182 Å². The first-order chi connectivity index (χ1) is 31.0. The molecule has 64 heavy (non-hydrogen) atoms. The van der Waals surface area contributed by atoms with Crippen LogP contribution in [0.25, 0.3) is 130 Å². The van der Waals surface area contributed by atoms with Gasteiger partial charge in [-0.2, -0.15) is 0 Å². The van der Waals surface area contributed by atoms with Gasteiger partial charge in [-0.3, -0.25) is 0 Å². The predicted molar refractivity (Wildman–Crippen MR) is 280 cm³/mol. The van der Waals surface area contributed by atoms with E-state index in [1.54, 1.807) is 0 Å². The van der Waals surface area contributed by atoms with Gasteiger partial charge < -0.3 is 0 Å². The summed E-state index contributed by atoms with van der Waals surface area (Å²) in [5, 5.41) is 23.7. The summed E-state index contributed by atoms with van der Waals surface area (Å²) in [6.45, 7) is 14.0.